The summed E-state index contributed by atoms with van der Waals surface area (Å²) in [5.74, 6) is 0.0109. The minimum absolute atomic E-state index is 0.00507. The number of phenols is 1. The van der Waals surface area contributed by atoms with Gasteiger partial charge in [0.05, 0.1) is 11.4 Å². The van der Waals surface area contributed by atoms with E-state index in [1.807, 2.05) is 0 Å². The zero-order valence-electron chi connectivity index (χ0n) is 9.75. The standard InChI is InChI=1S/C11H10ClNO4S2/c1-17-8-4-2-3-7(14)11(8)13-19(15,16)10-6-5-9(12)18-10/h2-6,13-14H,1H3. The quantitative estimate of drug-likeness (QED) is 0.850. The molecule has 0 amide bonds. The molecule has 5 nitrogen and oxygen atoms in total. The molecule has 2 aromatic rings. The first-order valence-corrected chi connectivity index (χ1v) is 7.76. The van der Waals surface area contributed by atoms with Gasteiger partial charge in [0, 0.05) is 0 Å². The molecule has 1 heterocycles. The number of benzene rings is 1. The van der Waals surface area contributed by atoms with E-state index in [4.69, 9.17) is 16.3 Å². The fourth-order valence-electron chi connectivity index (χ4n) is 1.42. The molecule has 1 aromatic carbocycles. The van der Waals surface area contributed by atoms with Crippen LogP contribution in [0.25, 0.3) is 0 Å². The Morgan fingerprint density at radius 1 is 1.32 bits per heavy atom. The Labute approximate surface area is 119 Å². The van der Waals surface area contributed by atoms with Crippen LogP contribution in [0.15, 0.2) is 34.5 Å². The zero-order chi connectivity index (χ0) is 14.0. The van der Waals surface area contributed by atoms with Gasteiger partial charge in [0.15, 0.2) is 0 Å². The molecule has 2 N–H and O–H groups in total. The van der Waals surface area contributed by atoms with Crippen LogP contribution in [0.2, 0.25) is 4.34 Å². The molecule has 1 aromatic heterocycles. The van der Waals surface area contributed by atoms with Crippen molar-refractivity contribution in [1.29, 1.82) is 0 Å². The smallest absolute Gasteiger partial charge is 0.271 e. The fourth-order valence-corrected chi connectivity index (χ4v) is 3.99. The van der Waals surface area contributed by atoms with Crippen molar-refractivity contribution < 1.29 is 18.3 Å². The maximum absolute atomic E-state index is 12.1. The molecular weight excluding hydrogens is 310 g/mol. The van der Waals surface area contributed by atoms with Crippen LogP contribution in [0.4, 0.5) is 5.69 Å². The first-order valence-electron chi connectivity index (χ1n) is 5.08. The highest BCUT2D eigenvalue weighted by Gasteiger charge is 2.20. The number of aromatic hydroxyl groups is 1. The number of hydrogen-bond acceptors (Lipinski definition) is 5. The van der Waals surface area contributed by atoms with E-state index in [9.17, 15) is 13.5 Å². The van der Waals surface area contributed by atoms with Gasteiger partial charge >= 0.3 is 0 Å². The molecule has 8 heteroatoms. The highest BCUT2D eigenvalue weighted by Crippen LogP contribution is 2.36. The normalized spacial score (nSPS) is 11.3. The number of sulfonamides is 1. The van der Waals surface area contributed by atoms with Crippen molar-refractivity contribution in [3.63, 3.8) is 0 Å². The summed E-state index contributed by atoms with van der Waals surface area (Å²) in [6, 6.07) is 7.33. The lowest BCUT2D eigenvalue weighted by Crippen LogP contribution is -2.12. The van der Waals surface area contributed by atoms with Crippen LogP contribution < -0.4 is 9.46 Å². The number of halogens is 1. The minimum Gasteiger partial charge on any atom is -0.506 e. The van der Waals surface area contributed by atoms with Crippen LogP contribution in [-0.2, 0) is 10.0 Å². The molecule has 0 fully saturated rings. The molecule has 0 aliphatic heterocycles. The molecular formula is C11H10ClNO4S2. The van der Waals surface area contributed by atoms with Gasteiger partial charge in [-0.2, -0.15) is 0 Å². The van der Waals surface area contributed by atoms with Crippen molar-refractivity contribution in [2.24, 2.45) is 0 Å². The number of ether oxygens (including phenoxy) is 1. The second-order valence-electron chi connectivity index (χ2n) is 3.52. The second kappa shape index (κ2) is 5.28. The van der Waals surface area contributed by atoms with Crippen molar-refractivity contribution in [3.05, 3.63) is 34.7 Å². The van der Waals surface area contributed by atoms with Gasteiger partial charge in [-0.3, -0.25) is 4.72 Å². The van der Waals surface area contributed by atoms with Crippen LogP contribution in [0.1, 0.15) is 0 Å². The Balaban J connectivity index is 2.41. The van der Waals surface area contributed by atoms with Crippen molar-refractivity contribution >= 4 is 38.6 Å². The third-order valence-corrected chi connectivity index (χ3v) is 5.35. The summed E-state index contributed by atoms with van der Waals surface area (Å²) < 4.78 is 31.9. The lowest BCUT2D eigenvalue weighted by molar-refractivity contribution is 0.411. The molecule has 0 saturated carbocycles. The number of anilines is 1. The molecule has 0 unspecified atom stereocenters. The largest absolute Gasteiger partial charge is 0.506 e. The first-order chi connectivity index (χ1) is 8.94. The maximum Gasteiger partial charge on any atom is 0.271 e. The van der Waals surface area contributed by atoms with Gasteiger partial charge in [-0.25, -0.2) is 8.42 Å². The Morgan fingerprint density at radius 2 is 2.05 bits per heavy atom. The number of hydrogen-bond donors (Lipinski definition) is 2. The van der Waals surface area contributed by atoms with Gasteiger partial charge in [-0.05, 0) is 24.3 Å². The van der Waals surface area contributed by atoms with E-state index in [0.29, 0.717) is 4.34 Å². The summed E-state index contributed by atoms with van der Waals surface area (Å²) in [4.78, 5) is 0. The molecule has 0 spiro atoms. The van der Waals surface area contributed by atoms with E-state index in [0.717, 1.165) is 11.3 Å². The van der Waals surface area contributed by atoms with E-state index in [1.165, 1.54) is 25.3 Å². The lowest BCUT2D eigenvalue weighted by atomic mass is 10.3. The Morgan fingerprint density at radius 3 is 2.63 bits per heavy atom. The second-order valence-corrected chi connectivity index (χ2v) is 7.14. The molecule has 0 aliphatic carbocycles. The van der Waals surface area contributed by atoms with Gasteiger partial charge in [0.1, 0.15) is 21.4 Å². The third-order valence-electron chi connectivity index (χ3n) is 2.27. The highest BCUT2D eigenvalue weighted by atomic mass is 35.5. The zero-order valence-corrected chi connectivity index (χ0v) is 12.1. The number of phenolic OH excluding ortho intramolecular Hbond substituents is 1. The number of para-hydroxylation sites is 1. The van der Waals surface area contributed by atoms with E-state index >= 15 is 0 Å². The van der Waals surface area contributed by atoms with E-state index in [-0.39, 0.29) is 21.4 Å². The molecule has 0 atom stereocenters. The maximum atomic E-state index is 12.1. The van der Waals surface area contributed by atoms with Crippen molar-refractivity contribution in [3.8, 4) is 11.5 Å². The summed E-state index contributed by atoms with van der Waals surface area (Å²) in [5.41, 5.74) is -0.00507. The van der Waals surface area contributed by atoms with Gasteiger partial charge in [0.25, 0.3) is 10.0 Å². The summed E-state index contributed by atoms with van der Waals surface area (Å²) >= 11 is 6.64. The first kappa shape index (κ1) is 14.0. The minimum atomic E-state index is -3.80. The predicted octanol–water partition coefficient (Wildman–Crippen LogP) is 2.92. The van der Waals surface area contributed by atoms with Crippen LogP contribution in [-0.4, -0.2) is 20.6 Å². The van der Waals surface area contributed by atoms with Crippen LogP contribution in [0.3, 0.4) is 0 Å². The van der Waals surface area contributed by atoms with Gasteiger partial charge in [-0.1, -0.05) is 17.7 Å². The number of thiophene rings is 1. The van der Waals surface area contributed by atoms with Crippen molar-refractivity contribution in [2.45, 2.75) is 4.21 Å². The highest BCUT2D eigenvalue weighted by molar-refractivity contribution is 7.94. The average Bonchev–Trinajstić information content (AvgIpc) is 2.79. The Hall–Kier alpha value is -1.44. The molecule has 0 bridgehead atoms. The molecule has 102 valence electrons. The molecule has 19 heavy (non-hydrogen) atoms. The van der Waals surface area contributed by atoms with Gasteiger partial charge in [-0.15, -0.1) is 11.3 Å². The van der Waals surface area contributed by atoms with Crippen molar-refractivity contribution in [1.82, 2.24) is 0 Å². The Bertz CT molecular complexity index is 696. The number of rotatable bonds is 4. The summed E-state index contributed by atoms with van der Waals surface area (Å²) in [5, 5.41) is 9.71. The summed E-state index contributed by atoms with van der Waals surface area (Å²) in [6.45, 7) is 0. The average molecular weight is 320 g/mol. The SMILES string of the molecule is COc1cccc(O)c1NS(=O)(=O)c1ccc(Cl)s1. The van der Waals surface area contributed by atoms with E-state index in [1.54, 1.807) is 12.1 Å². The van der Waals surface area contributed by atoms with Crippen LogP contribution >= 0.6 is 22.9 Å². The van der Waals surface area contributed by atoms with E-state index < -0.39 is 10.0 Å². The number of nitrogens with one attached hydrogen (secondary N) is 1. The number of methoxy groups -OCH3 is 1. The third kappa shape index (κ3) is 2.94. The predicted molar refractivity (Wildman–Crippen MR) is 74.8 cm³/mol. The molecule has 0 saturated heterocycles. The fraction of sp³-hybridized carbons (Fsp3) is 0.0909. The molecule has 2 rings (SSSR count). The molecule has 0 aliphatic rings. The van der Waals surface area contributed by atoms with Crippen LogP contribution in [0.5, 0.6) is 11.5 Å². The summed E-state index contributed by atoms with van der Waals surface area (Å²) in [6.07, 6.45) is 0. The van der Waals surface area contributed by atoms with Gasteiger partial charge < -0.3 is 9.84 Å². The monoisotopic (exact) mass is 319 g/mol. The van der Waals surface area contributed by atoms with Crippen LogP contribution in [0, 0.1) is 0 Å². The van der Waals surface area contributed by atoms with E-state index in [2.05, 4.69) is 4.72 Å². The lowest BCUT2D eigenvalue weighted by Gasteiger charge is -2.12. The summed E-state index contributed by atoms with van der Waals surface area (Å²) in [7, 11) is -2.42. The van der Waals surface area contributed by atoms with Gasteiger partial charge in [0.2, 0.25) is 0 Å². The topological polar surface area (TPSA) is 75.6 Å². The van der Waals surface area contributed by atoms with Crippen molar-refractivity contribution in [2.75, 3.05) is 11.8 Å². The Kier molecular flexibility index (Phi) is 3.88. The molecule has 0 radical (unpaired) electrons.